The monoisotopic (exact) mass is 343 g/mol. The van der Waals surface area contributed by atoms with Crippen LogP contribution in [0.25, 0.3) is 0 Å². The SMILES string of the molecule is CNC(=O)[C@H]1CCCN(Cc2cc([N+](=O)[O-])ccc2OC(F)F)C1. The molecule has 0 spiro atoms. The molecule has 1 aromatic rings. The van der Waals surface area contributed by atoms with Crippen molar-refractivity contribution in [1.29, 1.82) is 0 Å². The standard InChI is InChI=1S/C15H19F2N3O4/c1-18-14(21)10-3-2-6-19(8-10)9-11-7-12(20(22)23)4-5-13(11)24-15(16)17/h4-5,7,10,15H,2-3,6,8-9H2,1H3,(H,18,21)/t10-/m0/s1. The minimum Gasteiger partial charge on any atom is -0.434 e. The van der Waals surface area contributed by atoms with Gasteiger partial charge in [0, 0.05) is 37.8 Å². The number of nitrogens with one attached hydrogen (secondary N) is 1. The molecule has 1 aliphatic rings. The van der Waals surface area contributed by atoms with Gasteiger partial charge in [0.1, 0.15) is 5.75 Å². The van der Waals surface area contributed by atoms with Gasteiger partial charge in [-0.1, -0.05) is 0 Å². The van der Waals surface area contributed by atoms with E-state index in [-0.39, 0.29) is 29.8 Å². The number of nitrogens with zero attached hydrogens (tertiary/aromatic N) is 2. The summed E-state index contributed by atoms with van der Waals surface area (Å²) < 4.78 is 29.5. The molecule has 1 N–H and O–H groups in total. The molecule has 132 valence electrons. The summed E-state index contributed by atoms with van der Waals surface area (Å²) in [4.78, 5) is 24.0. The van der Waals surface area contributed by atoms with Gasteiger partial charge in [-0.2, -0.15) is 8.78 Å². The maximum Gasteiger partial charge on any atom is 0.387 e. The molecular weight excluding hydrogens is 324 g/mol. The summed E-state index contributed by atoms with van der Waals surface area (Å²) >= 11 is 0. The number of nitro benzene ring substituents is 1. The summed E-state index contributed by atoms with van der Waals surface area (Å²) in [5, 5.41) is 13.5. The summed E-state index contributed by atoms with van der Waals surface area (Å²) in [6, 6.07) is 3.55. The van der Waals surface area contributed by atoms with Crippen LogP contribution in [0.1, 0.15) is 18.4 Å². The first-order valence-corrected chi connectivity index (χ1v) is 7.56. The van der Waals surface area contributed by atoms with Gasteiger partial charge < -0.3 is 10.1 Å². The van der Waals surface area contributed by atoms with Crippen molar-refractivity contribution < 1.29 is 23.2 Å². The first kappa shape index (κ1) is 18.1. The molecule has 1 heterocycles. The third kappa shape index (κ3) is 4.60. The molecule has 1 amide bonds. The van der Waals surface area contributed by atoms with E-state index in [2.05, 4.69) is 10.1 Å². The molecule has 2 rings (SSSR count). The Kier molecular flexibility index (Phi) is 6.02. The van der Waals surface area contributed by atoms with Gasteiger partial charge in [-0.25, -0.2) is 0 Å². The highest BCUT2D eigenvalue weighted by Gasteiger charge is 2.26. The predicted molar refractivity (Wildman–Crippen MR) is 81.8 cm³/mol. The lowest BCUT2D eigenvalue weighted by Gasteiger charge is -2.32. The van der Waals surface area contributed by atoms with Gasteiger partial charge in [0.25, 0.3) is 5.69 Å². The molecule has 1 fully saturated rings. The molecule has 0 aliphatic carbocycles. The van der Waals surface area contributed by atoms with Gasteiger partial charge in [0.05, 0.1) is 10.8 Å². The number of carbonyl (C=O) groups is 1. The van der Waals surface area contributed by atoms with E-state index in [1.807, 2.05) is 4.90 Å². The van der Waals surface area contributed by atoms with E-state index in [9.17, 15) is 23.7 Å². The Morgan fingerprint density at radius 3 is 2.92 bits per heavy atom. The van der Waals surface area contributed by atoms with Crippen LogP contribution >= 0.6 is 0 Å². The van der Waals surface area contributed by atoms with Gasteiger partial charge in [-0.15, -0.1) is 0 Å². The lowest BCUT2D eigenvalue weighted by Crippen LogP contribution is -2.41. The molecule has 0 saturated carbocycles. The minimum absolute atomic E-state index is 0.0669. The van der Waals surface area contributed by atoms with E-state index in [0.29, 0.717) is 18.7 Å². The highest BCUT2D eigenvalue weighted by Crippen LogP contribution is 2.28. The van der Waals surface area contributed by atoms with Crippen LogP contribution in [0.5, 0.6) is 5.75 Å². The molecule has 24 heavy (non-hydrogen) atoms. The maximum atomic E-state index is 12.5. The normalized spacial score (nSPS) is 18.4. The van der Waals surface area contributed by atoms with Crippen molar-refractivity contribution in [2.24, 2.45) is 5.92 Å². The fraction of sp³-hybridized carbons (Fsp3) is 0.533. The average Bonchev–Trinajstić information content (AvgIpc) is 2.55. The van der Waals surface area contributed by atoms with Gasteiger partial charge in [-0.05, 0) is 25.5 Å². The molecule has 1 saturated heterocycles. The van der Waals surface area contributed by atoms with E-state index in [0.717, 1.165) is 18.9 Å². The highest BCUT2D eigenvalue weighted by atomic mass is 19.3. The molecule has 1 aliphatic heterocycles. The molecule has 1 atom stereocenters. The zero-order valence-electron chi connectivity index (χ0n) is 13.2. The van der Waals surface area contributed by atoms with Crippen LogP contribution < -0.4 is 10.1 Å². The molecule has 0 unspecified atom stereocenters. The number of piperidine rings is 1. The molecule has 0 aromatic heterocycles. The second-order valence-corrected chi connectivity index (χ2v) is 5.62. The second kappa shape index (κ2) is 8.00. The second-order valence-electron chi connectivity index (χ2n) is 5.62. The number of rotatable bonds is 6. The number of benzene rings is 1. The largest absolute Gasteiger partial charge is 0.434 e. The Bertz CT molecular complexity index is 612. The van der Waals surface area contributed by atoms with E-state index in [1.54, 1.807) is 7.05 Å². The van der Waals surface area contributed by atoms with Gasteiger partial charge in [-0.3, -0.25) is 19.8 Å². The third-order valence-corrected chi connectivity index (χ3v) is 3.99. The topological polar surface area (TPSA) is 84.7 Å². The number of amides is 1. The van der Waals surface area contributed by atoms with Crippen LogP contribution in [0, 0.1) is 16.0 Å². The fourth-order valence-corrected chi connectivity index (χ4v) is 2.87. The van der Waals surface area contributed by atoms with E-state index in [1.165, 1.54) is 12.1 Å². The number of ether oxygens (including phenoxy) is 1. The van der Waals surface area contributed by atoms with E-state index < -0.39 is 11.5 Å². The third-order valence-electron chi connectivity index (χ3n) is 3.99. The highest BCUT2D eigenvalue weighted by molar-refractivity contribution is 5.78. The molecule has 7 nitrogen and oxygen atoms in total. The predicted octanol–water partition coefficient (Wildman–Crippen LogP) is 2.15. The summed E-state index contributed by atoms with van der Waals surface area (Å²) in [7, 11) is 1.57. The van der Waals surface area contributed by atoms with Crippen LogP contribution in [0.4, 0.5) is 14.5 Å². The van der Waals surface area contributed by atoms with Crippen LogP contribution in [0.3, 0.4) is 0 Å². The summed E-state index contributed by atoms with van der Waals surface area (Å²) in [5.41, 5.74) is 0.119. The lowest BCUT2D eigenvalue weighted by atomic mass is 9.96. The number of nitro groups is 1. The quantitative estimate of drug-likeness (QED) is 0.632. The van der Waals surface area contributed by atoms with Crippen molar-refractivity contribution in [3.05, 3.63) is 33.9 Å². The Labute approximate surface area is 137 Å². The van der Waals surface area contributed by atoms with E-state index >= 15 is 0 Å². The fourth-order valence-electron chi connectivity index (χ4n) is 2.87. The average molecular weight is 343 g/mol. The number of halogens is 2. The molecule has 1 aromatic carbocycles. The van der Waals surface area contributed by atoms with E-state index in [4.69, 9.17) is 0 Å². The number of hydrogen-bond acceptors (Lipinski definition) is 5. The Balaban J connectivity index is 2.18. The molecule has 0 radical (unpaired) electrons. The maximum absolute atomic E-state index is 12.5. The van der Waals surface area contributed by atoms with Crippen molar-refractivity contribution in [1.82, 2.24) is 10.2 Å². The van der Waals surface area contributed by atoms with Gasteiger partial charge in [0.15, 0.2) is 0 Å². The van der Waals surface area contributed by atoms with Crippen molar-refractivity contribution >= 4 is 11.6 Å². The number of alkyl halides is 2. The first-order valence-electron chi connectivity index (χ1n) is 7.56. The summed E-state index contributed by atoms with van der Waals surface area (Å²) in [6.45, 7) is -1.65. The smallest absolute Gasteiger partial charge is 0.387 e. The van der Waals surface area contributed by atoms with Gasteiger partial charge >= 0.3 is 6.61 Å². The summed E-state index contributed by atoms with van der Waals surface area (Å²) in [6.07, 6.45) is 1.55. The number of likely N-dealkylation sites (tertiary alicyclic amines) is 1. The number of carbonyl (C=O) groups excluding carboxylic acids is 1. The number of non-ortho nitro benzene ring substituents is 1. The van der Waals surface area contributed by atoms with Crippen LogP contribution in [-0.2, 0) is 11.3 Å². The first-order chi connectivity index (χ1) is 11.4. The lowest BCUT2D eigenvalue weighted by molar-refractivity contribution is -0.385. The Morgan fingerprint density at radius 2 is 2.29 bits per heavy atom. The molecule has 0 bridgehead atoms. The Hall–Kier alpha value is -2.29. The van der Waals surface area contributed by atoms with Crippen molar-refractivity contribution in [3.63, 3.8) is 0 Å². The van der Waals surface area contributed by atoms with Crippen LogP contribution in [0.2, 0.25) is 0 Å². The van der Waals surface area contributed by atoms with Crippen molar-refractivity contribution in [3.8, 4) is 5.75 Å². The molecule has 9 heteroatoms. The van der Waals surface area contributed by atoms with Crippen LogP contribution in [-0.4, -0.2) is 42.5 Å². The van der Waals surface area contributed by atoms with Crippen LogP contribution in [0.15, 0.2) is 18.2 Å². The Morgan fingerprint density at radius 1 is 1.54 bits per heavy atom. The van der Waals surface area contributed by atoms with Crippen molar-refractivity contribution in [2.75, 3.05) is 20.1 Å². The van der Waals surface area contributed by atoms with Gasteiger partial charge in [0.2, 0.25) is 5.91 Å². The number of hydrogen-bond donors (Lipinski definition) is 1. The molecular formula is C15H19F2N3O4. The minimum atomic E-state index is -3.01. The zero-order valence-corrected chi connectivity index (χ0v) is 13.2. The summed E-state index contributed by atoms with van der Waals surface area (Å²) in [5.74, 6) is -0.331. The van der Waals surface area contributed by atoms with Crippen molar-refractivity contribution in [2.45, 2.75) is 26.0 Å². The zero-order chi connectivity index (χ0) is 17.7.